The van der Waals surface area contributed by atoms with Crippen LogP contribution in [0.5, 0.6) is 0 Å². The van der Waals surface area contributed by atoms with E-state index < -0.39 is 0 Å². The molecule has 3 heteroatoms. The molecule has 0 bridgehead atoms. The Balaban J connectivity index is 2.51. The van der Waals surface area contributed by atoms with E-state index in [1.54, 1.807) is 0 Å². The number of hydrogen-bond donors (Lipinski definition) is 1. The predicted octanol–water partition coefficient (Wildman–Crippen LogP) is 2.28. The Morgan fingerprint density at radius 3 is 2.32 bits per heavy atom. The summed E-state index contributed by atoms with van der Waals surface area (Å²) >= 11 is 0. The molecule has 1 aliphatic heterocycles. The lowest BCUT2D eigenvalue weighted by Crippen LogP contribution is -2.57. The molecule has 1 rings (SSSR count). The van der Waals surface area contributed by atoms with Gasteiger partial charge in [-0.05, 0) is 31.8 Å². The molecule has 0 radical (unpaired) electrons. The first-order chi connectivity index (χ1) is 8.95. The molecule has 1 aliphatic rings. The first-order valence-electron chi connectivity index (χ1n) is 8.10. The van der Waals surface area contributed by atoms with E-state index in [0.717, 1.165) is 31.0 Å². The van der Waals surface area contributed by atoms with Crippen LogP contribution in [0.3, 0.4) is 0 Å². The zero-order valence-corrected chi connectivity index (χ0v) is 13.9. The molecule has 0 aliphatic carbocycles. The van der Waals surface area contributed by atoms with Gasteiger partial charge in [-0.25, -0.2) is 0 Å². The van der Waals surface area contributed by atoms with Gasteiger partial charge in [0.1, 0.15) is 0 Å². The van der Waals surface area contributed by atoms with Gasteiger partial charge in [0.05, 0.1) is 0 Å². The van der Waals surface area contributed by atoms with Gasteiger partial charge in [-0.1, -0.05) is 34.6 Å². The lowest BCUT2D eigenvalue weighted by atomic mass is 9.99. The van der Waals surface area contributed by atoms with Gasteiger partial charge in [-0.15, -0.1) is 0 Å². The maximum Gasteiger partial charge on any atom is 0.0244 e. The summed E-state index contributed by atoms with van der Waals surface area (Å²) in [7, 11) is 2.27. The summed E-state index contributed by atoms with van der Waals surface area (Å²) in [6.07, 6.45) is 1.26. The van der Waals surface area contributed by atoms with E-state index in [-0.39, 0.29) is 0 Å². The minimum atomic E-state index is 0.682. The highest BCUT2D eigenvalue weighted by Crippen LogP contribution is 2.17. The van der Waals surface area contributed by atoms with E-state index in [1.807, 2.05) is 0 Å². The Kier molecular flexibility index (Phi) is 7.33. The molecule has 1 heterocycles. The van der Waals surface area contributed by atoms with Gasteiger partial charge in [-0.2, -0.15) is 0 Å². The van der Waals surface area contributed by atoms with Crippen LogP contribution in [0.25, 0.3) is 0 Å². The molecule has 0 aromatic rings. The summed E-state index contributed by atoms with van der Waals surface area (Å²) in [5.74, 6) is 1.46. The van der Waals surface area contributed by atoms with Crippen LogP contribution in [-0.4, -0.2) is 61.7 Å². The lowest BCUT2D eigenvalue weighted by Gasteiger charge is -2.44. The normalized spacial score (nSPS) is 24.3. The molecule has 2 unspecified atom stereocenters. The van der Waals surface area contributed by atoms with Crippen LogP contribution < -0.4 is 5.32 Å². The number of nitrogens with one attached hydrogen (secondary N) is 1. The van der Waals surface area contributed by atoms with Gasteiger partial charge < -0.3 is 10.2 Å². The van der Waals surface area contributed by atoms with E-state index >= 15 is 0 Å². The quantitative estimate of drug-likeness (QED) is 0.765. The van der Waals surface area contributed by atoms with Crippen molar-refractivity contribution in [3.63, 3.8) is 0 Å². The Morgan fingerprint density at radius 1 is 1.11 bits per heavy atom. The molecule has 2 atom stereocenters. The van der Waals surface area contributed by atoms with Gasteiger partial charge in [-0.3, -0.25) is 4.90 Å². The topological polar surface area (TPSA) is 18.5 Å². The first kappa shape index (κ1) is 16.9. The number of piperazine rings is 1. The van der Waals surface area contributed by atoms with E-state index in [2.05, 4.69) is 56.8 Å². The SMILES string of the molecule is CCC1CN(C(CNCC(C)C)C(C)C)CCN1C. The molecule has 3 nitrogen and oxygen atoms in total. The highest BCUT2D eigenvalue weighted by molar-refractivity contribution is 4.86. The molecular weight excluding hydrogens is 234 g/mol. The van der Waals surface area contributed by atoms with Crippen LogP contribution in [0.4, 0.5) is 0 Å². The Hall–Kier alpha value is -0.120. The fourth-order valence-corrected chi connectivity index (χ4v) is 3.02. The third kappa shape index (κ3) is 5.41. The van der Waals surface area contributed by atoms with Gasteiger partial charge in [0, 0.05) is 38.3 Å². The maximum absolute atomic E-state index is 3.65. The largest absolute Gasteiger partial charge is 0.315 e. The Bertz CT molecular complexity index is 240. The smallest absolute Gasteiger partial charge is 0.0244 e. The monoisotopic (exact) mass is 269 g/mol. The van der Waals surface area contributed by atoms with Crippen LogP contribution in [0.1, 0.15) is 41.0 Å². The molecule has 19 heavy (non-hydrogen) atoms. The summed E-state index contributed by atoms with van der Waals surface area (Å²) in [5.41, 5.74) is 0. The fraction of sp³-hybridized carbons (Fsp3) is 1.00. The minimum Gasteiger partial charge on any atom is -0.315 e. The molecule has 0 saturated carbocycles. The fourth-order valence-electron chi connectivity index (χ4n) is 3.02. The van der Waals surface area contributed by atoms with E-state index in [4.69, 9.17) is 0 Å². The number of hydrogen-bond acceptors (Lipinski definition) is 3. The van der Waals surface area contributed by atoms with Crippen LogP contribution in [-0.2, 0) is 0 Å². The second kappa shape index (κ2) is 8.23. The molecule has 0 spiro atoms. The third-order valence-electron chi connectivity index (χ3n) is 4.42. The van der Waals surface area contributed by atoms with Crippen molar-refractivity contribution in [2.75, 3.05) is 39.8 Å². The first-order valence-corrected chi connectivity index (χ1v) is 8.10. The zero-order valence-electron chi connectivity index (χ0n) is 13.9. The predicted molar refractivity (Wildman–Crippen MR) is 84.6 cm³/mol. The second-order valence-electron chi connectivity index (χ2n) is 6.90. The molecule has 0 aromatic carbocycles. The highest BCUT2D eigenvalue weighted by Gasteiger charge is 2.29. The van der Waals surface area contributed by atoms with Crippen LogP contribution in [0, 0.1) is 11.8 Å². The molecule has 0 amide bonds. The van der Waals surface area contributed by atoms with Crippen molar-refractivity contribution in [3.8, 4) is 0 Å². The molecular formula is C16H35N3. The number of nitrogens with zero attached hydrogens (tertiary/aromatic N) is 2. The molecule has 1 saturated heterocycles. The van der Waals surface area contributed by atoms with Crippen LogP contribution in [0.15, 0.2) is 0 Å². The van der Waals surface area contributed by atoms with Crippen molar-refractivity contribution in [1.82, 2.24) is 15.1 Å². The summed E-state index contributed by atoms with van der Waals surface area (Å²) < 4.78 is 0. The Morgan fingerprint density at radius 2 is 1.79 bits per heavy atom. The second-order valence-corrected chi connectivity index (χ2v) is 6.90. The summed E-state index contributed by atoms with van der Waals surface area (Å²) in [4.78, 5) is 5.24. The molecule has 1 fully saturated rings. The summed E-state index contributed by atoms with van der Waals surface area (Å²) in [6, 6.07) is 1.42. The summed E-state index contributed by atoms with van der Waals surface area (Å²) in [5, 5.41) is 3.65. The average molecular weight is 269 g/mol. The standard InChI is InChI=1S/C16H35N3/c1-7-15-12-19(9-8-18(15)6)16(14(4)5)11-17-10-13(2)3/h13-17H,7-12H2,1-6H3. The zero-order chi connectivity index (χ0) is 14.4. The van der Waals surface area contributed by atoms with E-state index in [0.29, 0.717) is 6.04 Å². The van der Waals surface area contributed by atoms with Gasteiger partial charge in [0.2, 0.25) is 0 Å². The average Bonchev–Trinajstić information content (AvgIpc) is 2.35. The van der Waals surface area contributed by atoms with Crippen LogP contribution in [0.2, 0.25) is 0 Å². The minimum absolute atomic E-state index is 0.682. The molecule has 1 N–H and O–H groups in total. The Labute approximate surface area is 120 Å². The van der Waals surface area contributed by atoms with Crippen molar-refractivity contribution < 1.29 is 0 Å². The molecule has 114 valence electrons. The van der Waals surface area contributed by atoms with Crippen molar-refractivity contribution >= 4 is 0 Å². The summed E-state index contributed by atoms with van der Waals surface area (Å²) in [6.45, 7) is 17.5. The lowest BCUT2D eigenvalue weighted by molar-refractivity contribution is 0.0463. The van der Waals surface area contributed by atoms with Gasteiger partial charge in [0.25, 0.3) is 0 Å². The van der Waals surface area contributed by atoms with Crippen molar-refractivity contribution in [2.45, 2.75) is 53.1 Å². The third-order valence-corrected chi connectivity index (χ3v) is 4.42. The molecule has 0 aromatic heterocycles. The maximum atomic E-state index is 3.65. The van der Waals surface area contributed by atoms with Gasteiger partial charge in [0.15, 0.2) is 0 Å². The van der Waals surface area contributed by atoms with Gasteiger partial charge >= 0.3 is 0 Å². The van der Waals surface area contributed by atoms with E-state index in [1.165, 1.54) is 26.1 Å². The van der Waals surface area contributed by atoms with Crippen LogP contribution >= 0.6 is 0 Å². The van der Waals surface area contributed by atoms with E-state index in [9.17, 15) is 0 Å². The highest BCUT2D eigenvalue weighted by atomic mass is 15.3. The number of rotatable bonds is 7. The van der Waals surface area contributed by atoms with Crippen molar-refractivity contribution in [1.29, 1.82) is 0 Å². The number of likely N-dealkylation sites (N-methyl/N-ethyl adjacent to an activating group) is 1. The van der Waals surface area contributed by atoms with Crippen molar-refractivity contribution in [2.24, 2.45) is 11.8 Å². The van der Waals surface area contributed by atoms with Crippen molar-refractivity contribution in [3.05, 3.63) is 0 Å².